The molecule has 0 saturated carbocycles. The fourth-order valence-electron chi connectivity index (χ4n) is 3.27. The highest BCUT2D eigenvalue weighted by molar-refractivity contribution is 7.22. The minimum atomic E-state index is -0.0521. The quantitative estimate of drug-likeness (QED) is 0.562. The zero-order valence-electron chi connectivity index (χ0n) is 15.3. The van der Waals surface area contributed by atoms with Crippen molar-refractivity contribution in [2.75, 3.05) is 11.1 Å². The van der Waals surface area contributed by atoms with E-state index >= 15 is 0 Å². The summed E-state index contributed by atoms with van der Waals surface area (Å²) in [7, 11) is 0. The second-order valence-electron chi connectivity index (χ2n) is 6.47. The Kier molecular flexibility index (Phi) is 4.23. The van der Waals surface area contributed by atoms with Crippen molar-refractivity contribution in [2.45, 2.75) is 33.6 Å². The maximum absolute atomic E-state index is 12.5. The van der Waals surface area contributed by atoms with E-state index in [1.807, 2.05) is 32.9 Å². The largest absolute Gasteiger partial charge is 0.375 e. The average molecular weight is 381 g/mol. The number of nitrogen functional groups attached to an aromatic ring is 1. The van der Waals surface area contributed by atoms with E-state index in [0.717, 1.165) is 38.4 Å². The van der Waals surface area contributed by atoms with Crippen LogP contribution in [0.25, 0.3) is 16.0 Å². The zero-order chi connectivity index (χ0) is 19.1. The third-order valence-corrected chi connectivity index (χ3v) is 5.41. The number of carbonyl (C=O) groups excluding carboxylic acids is 1. The van der Waals surface area contributed by atoms with Crippen LogP contribution in [-0.2, 0) is 11.2 Å². The molecule has 138 valence electrons. The molecule has 0 spiro atoms. The van der Waals surface area contributed by atoms with Gasteiger partial charge in [-0.25, -0.2) is 14.5 Å². The molecule has 8 nitrogen and oxygen atoms in total. The Morgan fingerprint density at radius 3 is 2.89 bits per heavy atom. The van der Waals surface area contributed by atoms with Crippen LogP contribution in [0.1, 0.15) is 28.9 Å². The third-order valence-electron chi connectivity index (χ3n) is 4.58. The van der Waals surface area contributed by atoms with E-state index < -0.39 is 0 Å². The number of nitrogens with two attached hydrogens (primary N) is 1. The second-order valence-corrected chi connectivity index (χ2v) is 7.54. The first kappa shape index (κ1) is 17.3. The van der Waals surface area contributed by atoms with Crippen molar-refractivity contribution in [1.29, 1.82) is 0 Å². The standard InChI is InChI=1S/C18H19N7OS/c1-9-6-12(7-14-16(9)24-17(19)27-14)23-15(26)5-4-13-10(2)22-18-20-8-21-25(18)11(13)3/h6-8H,4-5H2,1-3H3,(H2,19,24)(H,23,26). The van der Waals surface area contributed by atoms with Crippen molar-refractivity contribution < 1.29 is 4.79 Å². The van der Waals surface area contributed by atoms with Gasteiger partial charge in [-0.2, -0.15) is 10.1 Å². The predicted octanol–water partition coefficient (Wildman–Crippen LogP) is 2.81. The molecule has 0 unspecified atom stereocenters. The van der Waals surface area contributed by atoms with Crippen molar-refractivity contribution in [3.8, 4) is 0 Å². The number of benzene rings is 1. The summed E-state index contributed by atoms with van der Waals surface area (Å²) in [5, 5.41) is 7.68. The predicted molar refractivity (Wildman–Crippen MR) is 106 cm³/mol. The number of thiazole rings is 1. The van der Waals surface area contributed by atoms with Crippen LogP contribution in [0.15, 0.2) is 18.5 Å². The molecule has 1 aromatic carbocycles. The Labute approximate surface area is 159 Å². The van der Waals surface area contributed by atoms with Gasteiger partial charge in [-0.15, -0.1) is 0 Å². The van der Waals surface area contributed by atoms with Crippen LogP contribution >= 0.6 is 11.3 Å². The molecule has 0 aliphatic heterocycles. The van der Waals surface area contributed by atoms with Crippen molar-refractivity contribution in [3.63, 3.8) is 0 Å². The van der Waals surface area contributed by atoms with Crippen LogP contribution < -0.4 is 11.1 Å². The maximum Gasteiger partial charge on any atom is 0.252 e. The van der Waals surface area contributed by atoms with Crippen LogP contribution in [0.2, 0.25) is 0 Å². The van der Waals surface area contributed by atoms with Crippen LogP contribution in [0, 0.1) is 20.8 Å². The Hall–Kier alpha value is -3.07. The molecule has 9 heteroatoms. The van der Waals surface area contributed by atoms with Gasteiger partial charge in [-0.3, -0.25) is 4.79 Å². The van der Waals surface area contributed by atoms with Gasteiger partial charge in [-0.1, -0.05) is 11.3 Å². The number of carbonyl (C=O) groups is 1. The molecule has 3 aromatic heterocycles. The van der Waals surface area contributed by atoms with Crippen LogP contribution in [0.3, 0.4) is 0 Å². The molecule has 3 heterocycles. The Bertz CT molecular complexity index is 1180. The molecule has 4 aromatic rings. The Morgan fingerprint density at radius 2 is 2.07 bits per heavy atom. The van der Waals surface area contributed by atoms with Gasteiger partial charge in [0.1, 0.15) is 6.33 Å². The van der Waals surface area contributed by atoms with Crippen molar-refractivity contribution in [1.82, 2.24) is 24.6 Å². The van der Waals surface area contributed by atoms with Gasteiger partial charge >= 0.3 is 0 Å². The fourth-order valence-corrected chi connectivity index (χ4v) is 4.12. The lowest BCUT2D eigenvalue weighted by Gasteiger charge is -2.11. The lowest BCUT2D eigenvalue weighted by molar-refractivity contribution is -0.116. The molecule has 0 bridgehead atoms. The van der Waals surface area contributed by atoms with Crippen LogP contribution in [0.4, 0.5) is 10.8 Å². The maximum atomic E-state index is 12.5. The van der Waals surface area contributed by atoms with Crippen molar-refractivity contribution in [3.05, 3.63) is 41.0 Å². The van der Waals surface area contributed by atoms with Gasteiger partial charge in [0.2, 0.25) is 5.91 Å². The molecule has 0 aliphatic carbocycles. The SMILES string of the molecule is Cc1nc2ncnn2c(C)c1CCC(=O)Nc1cc(C)c2nc(N)sc2c1. The molecule has 0 saturated heterocycles. The Balaban J connectivity index is 1.50. The van der Waals surface area contributed by atoms with E-state index in [-0.39, 0.29) is 5.91 Å². The third kappa shape index (κ3) is 3.21. The van der Waals surface area contributed by atoms with Gasteiger partial charge in [0.15, 0.2) is 5.13 Å². The number of aryl methyl sites for hydroxylation is 3. The average Bonchev–Trinajstić information content (AvgIpc) is 3.20. The van der Waals surface area contributed by atoms with E-state index in [9.17, 15) is 4.79 Å². The normalized spacial score (nSPS) is 11.4. The summed E-state index contributed by atoms with van der Waals surface area (Å²) in [6.45, 7) is 5.86. The first-order valence-corrected chi connectivity index (χ1v) is 9.36. The summed E-state index contributed by atoms with van der Waals surface area (Å²) in [6.07, 6.45) is 2.42. The lowest BCUT2D eigenvalue weighted by Crippen LogP contribution is -2.14. The highest BCUT2D eigenvalue weighted by Crippen LogP contribution is 2.29. The van der Waals surface area contributed by atoms with Gasteiger partial charge in [0.25, 0.3) is 5.78 Å². The minimum Gasteiger partial charge on any atom is -0.375 e. The molecule has 0 radical (unpaired) electrons. The molecule has 4 rings (SSSR count). The van der Waals surface area contributed by atoms with Crippen LogP contribution in [-0.4, -0.2) is 30.5 Å². The highest BCUT2D eigenvalue weighted by atomic mass is 32.1. The minimum absolute atomic E-state index is 0.0521. The van der Waals surface area contributed by atoms with E-state index in [1.165, 1.54) is 17.7 Å². The molecule has 0 atom stereocenters. The van der Waals surface area contributed by atoms with Gasteiger partial charge in [-0.05, 0) is 50.5 Å². The second kappa shape index (κ2) is 6.58. The smallest absolute Gasteiger partial charge is 0.252 e. The number of nitrogens with zero attached hydrogens (tertiary/aromatic N) is 5. The van der Waals surface area contributed by atoms with E-state index in [0.29, 0.717) is 23.8 Å². The number of aromatic nitrogens is 5. The number of hydrogen-bond acceptors (Lipinski definition) is 7. The first-order valence-electron chi connectivity index (χ1n) is 8.54. The molecular weight excluding hydrogens is 362 g/mol. The molecule has 0 fully saturated rings. The zero-order valence-corrected chi connectivity index (χ0v) is 16.1. The molecule has 3 N–H and O–H groups in total. The number of nitrogens with one attached hydrogen (secondary N) is 1. The number of fused-ring (bicyclic) bond motifs is 2. The number of anilines is 2. The highest BCUT2D eigenvalue weighted by Gasteiger charge is 2.13. The van der Waals surface area contributed by atoms with Gasteiger partial charge < -0.3 is 11.1 Å². The summed E-state index contributed by atoms with van der Waals surface area (Å²) in [6, 6.07) is 3.83. The van der Waals surface area contributed by atoms with Crippen LogP contribution in [0.5, 0.6) is 0 Å². The van der Waals surface area contributed by atoms with E-state index in [4.69, 9.17) is 5.73 Å². The molecule has 0 aliphatic rings. The fraction of sp³-hybridized carbons (Fsp3) is 0.278. The number of hydrogen-bond donors (Lipinski definition) is 2. The summed E-state index contributed by atoms with van der Waals surface area (Å²) in [4.78, 5) is 25.3. The molecule has 27 heavy (non-hydrogen) atoms. The summed E-state index contributed by atoms with van der Waals surface area (Å²) < 4.78 is 2.67. The van der Waals surface area contributed by atoms with Gasteiger partial charge in [0, 0.05) is 23.5 Å². The topological polar surface area (TPSA) is 111 Å². The van der Waals surface area contributed by atoms with E-state index in [2.05, 4.69) is 25.4 Å². The molecular formula is C18H19N7OS. The number of rotatable bonds is 4. The van der Waals surface area contributed by atoms with E-state index in [1.54, 1.807) is 4.52 Å². The summed E-state index contributed by atoms with van der Waals surface area (Å²) in [5.74, 6) is 0.523. The summed E-state index contributed by atoms with van der Waals surface area (Å²) in [5.41, 5.74) is 11.3. The van der Waals surface area contributed by atoms with Gasteiger partial charge in [0.05, 0.1) is 10.2 Å². The Morgan fingerprint density at radius 1 is 1.26 bits per heavy atom. The van der Waals surface area contributed by atoms with Crippen molar-refractivity contribution >= 4 is 44.1 Å². The molecule has 1 amide bonds. The first-order chi connectivity index (χ1) is 12.9. The van der Waals surface area contributed by atoms with Crippen molar-refractivity contribution in [2.24, 2.45) is 0 Å². The number of amides is 1. The monoisotopic (exact) mass is 381 g/mol. The summed E-state index contributed by atoms with van der Waals surface area (Å²) >= 11 is 1.42. The lowest BCUT2D eigenvalue weighted by atomic mass is 10.1.